The van der Waals surface area contributed by atoms with Crippen molar-refractivity contribution in [1.29, 1.82) is 0 Å². The van der Waals surface area contributed by atoms with Crippen LogP contribution in [0.5, 0.6) is 0 Å². The highest BCUT2D eigenvalue weighted by atomic mass is 32.2. The van der Waals surface area contributed by atoms with Crippen LogP contribution in [0.4, 0.5) is 0 Å². The van der Waals surface area contributed by atoms with Gasteiger partial charge in [-0.05, 0) is 12.8 Å². The van der Waals surface area contributed by atoms with Crippen molar-refractivity contribution in [1.82, 2.24) is 5.16 Å². The van der Waals surface area contributed by atoms with Crippen LogP contribution < -0.4 is 0 Å². The maximum atomic E-state index is 11.8. The van der Waals surface area contributed by atoms with E-state index in [-0.39, 0.29) is 12.4 Å². The van der Waals surface area contributed by atoms with Gasteiger partial charge < -0.3 is 9.63 Å². The lowest BCUT2D eigenvalue weighted by molar-refractivity contribution is 0.276. The summed E-state index contributed by atoms with van der Waals surface area (Å²) in [4.78, 5) is 0. The largest absolute Gasteiger partial charge is 0.391 e. The molecule has 1 fully saturated rings. The third-order valence-electron chi connectivity index (χ3n) is 2.72. The van der Waals surface area contributed by atoms with Gasteiger partial charge in [0.1, 0.15) is 5.25 Å². The van der Waals surface area contributed by atoms with E-state index in [1.807, 2.05) is 0 Å². The average molecular weight is 231 g/mol. The number of hydrogen-bond donors (Lipinski definition) is 1. The zero-order valence-electron chi connectivity index (χ0n) is 8.22. The number of rotatable bonds is 2. The van der Waals surface area contributed by atoms with Gasteiger partial charge in [0.25, 0.3) is 0 Å². The van der Waals surface area contributed by atoms with E-state index >= 15 is 0 Å². The van der Waals surface area contributed by atoms with Crippen molar-refractivity contribution in [3.05, 3.63) is 17.5 Å². The number of sulfone groups is 1. The highest BCUT2D eigenvalue weighted by Gasteiger charge is 2.34. The molecule has 2 heterocycles. The Kier molecular flexibility index (Phi) is 2.79. The third-order valence-corrected chi connectivity index (χ3v) is 4.89. The normalized spacial score (nSPS) is 25.3. The molecule has 1 N–H and O–H groups in total. The molecule has 15 heavy (non-hydrogen) atoms. The van der Waals surface area contributed by atoms with E-state index in [0.717, 1.165) is 6.42 Å². The van der Waals surface area contributed by atoms with Crippen molar-refractivity contribution in [3.8, 4) is 0 Å². The van der Waals surface area contributed by atoms with Crippen LogP contribution in [-0.4, -0.2) is 24.4 Å². The minimum absolute atomic E-state index is 0.198. The fraction of sp³-hybridized carbons (Fsp3) is 0.667. The number of aliphatic hydroxyl groups excluding tert-OH is 1. The highest BCUT2D eigenvalue weighted by molar-refractivity contribution is 7.91. The van der Waals surface area contributed by atoms with E-state index in [1.165, 1.54) is 6.20 Å². The summed E-state index contributed by atoms with van der Waals surface area (Å²) in [5.74, 6) is 0.515. The van der Waals surface area contributed by atoms with Crippen LogP contribution in [0.1, 0.15) is 35.8 Å². The second-order valence-corrected chi connectivity index (χ2v) is 6.03. The first kappa shape index (κ1) is 10.6. The Morgan fingerprint density at radius 3 is 3.00 bits per heavy atom. The number of nitrogens with zero attached hydrogens (tertiary/aromatic N) is 1. The van der Waals surface area contributed by atoms with Crippen molar-refractivity contribution >= 4 is 9.84 Å². The molecule has 0 amide bonds. The predicted octanol–water partition coefficient (Wildman–Crippen LogP) is 0.807. The molecule has 0 bridgehead atoms. The van der Waals surface area contributed by atoms with Crippen LogP contribution in [0, 0.1) is 0 Å². The Bertz CT molecular complexity index is 437. The summed E-state index contributed by atoms with van der Waals surface area (Å²) in [5, 5.41) is 11.9. The van der Waals surface area contributed by atoms with Gasteiger partial charge in [0.05, 0.1) is 18.6 Å². The summed E-state index contributed by atoms with van der Waals surface area (Å²) in [6.45, 7) is -0.231. The van der Waals surface area contributed by atoms with Gasteiger partial charge in [-0.1, -0.05) is 11.6 Å². The summed E-state index contributed by atoms with van der Waals surface area (Å²) in [6, 6.07) is 0. The SMILES string of the molecule is O=S1(=O)CCCCC1c1oncc1CO. The lowest BCUT2D eigenvalue weighted by atomic mass is 10.1. The van der Waals surface area contributed by atoms with Gasteiger partial charge in [-0.3, -0.25) is 0 Å². The van der Waals surface area contributed by atoms with E-state index in [9.17, 15) is 8.42 Å². The Morgan fingerprint density at radius 2 is 2.33 bits per heavy atom. The standard InChI is InChI=1S/C9H13NO4S/c11-6-7-5-10-14-9(7)8-3-1-2-4-15(8,12)13/h5,8,11H,1-4,6H2. The summed E-state index contributed by atoms with van der Waals surface area (Å²) < 4.78 is 28.5. The monoisotopic (exact) mass is 231 g/mol. The van der Waals surface area contributed by atoms with Crippen molar-refractivity contribution in [2.45, 2.75) is 31.1 Å². The fourth-order valence-corrected chi connectivity index (χ4v) is 3.84. The molecule has 5 nitrogen and oxygen atoms in total. The van der Waals surface area contributed by atoms with Gasteiger partial charge in [0.2, 0.25) is 0 Å². The van der Waals surface area contributed by atoms with Crippen molar-refractivity contribution in [3.63, 3.8) is 0 Å². The van der Waals surface area contributed by atoms with E-state index in [1.54, 1.807) is 0 Å². The van der Waals surface area contributed by atoms with Crippen LogP contribution >= 0.6 is 0 Å². The van der Waals surface area contributed by atoms with Gasteiger partial charge in [-0.15, -0.1) is 0 Å². The first-order chi connectivity index (χ1) is 7.15. The smallest absolute Gasteiger partial charge is 0.160 e. The second kappa shape index (κ2) is 3.94. The molecule has 0 spiro atoms. The molecule has 0 radical (unpaired) electrons. The van der Waals surface area contributed by atoms with Crippen LogP contribution in [-0.2, 0) is 16.4 Å². The zero-order valence-corrected chi connectivity index (χ0v) is 9.03. The summed E-state index contributed by atoms with van der Waals surface area (Å²) in [7, 11) is -3.12. The first-order valence-corrected chi connectivity index (χ1v) is 6.62. The predicted molar refractivity (Wildman–Crippen MR) is 52.8 cm³/mol. The molecule has 0 aliphatic carbocycles. The molecule has 0 aromatic carbocycles. The average Bonchev–Trinajstić information content (AvgIpc) is 2.64. The molecule has 1 aromatic rings. The van der Waals surface area contributed by atoms with Crippen molar-refractivity contribution < 1.29 is 18.0 Å². The Labute approximate surface area is 88.0 Å². The molecule has 1 atom stereocenters. The van der Waals surface area contributed by atoms with Gasteiger partial charge >= 0.3 is 0 Å². The van der Waals surface area contributed by atoms with Gasteiger partial charge in [0, 0.05) is 5.56 Å². The molecule has 0 saturated carbocycles. The van der Waals surface area contributed by atoms with E-state index in [4.69, 9.17) is 9.63 Å². The molecule has 6 heteroatoms. The van der Waals surface area contributed by atoms with E-state index in [2.05, 4.69) is 5.16 Å². The minimum atomic E-state index is -3.12. The van der Waals surface area contributed by atoms with Crippen molar-refractivity contribution in [2.75, 3.05) is 5.75 Å². The molecule has 1 aliphatic rings. The lowest BCUT2D eigenvalue weighted by Crippen LogP contribution is -2.22. The fourth-order valence-electron chi connectivity index (χ4n) is 1.90. The molecule has 1 unspecified atom stereocenters. The van der Waals surface area contributed by atoms with Gasteiger partial charge in [-0.25, -0.2) is 8.42 Å². The Morgan fingerprint density at radius 1 is 1.53 bits per heavy atom. The number of aromatic nitrogens is 1. The van der Waals surface area contributed by atoms with Crippen LogP contribution in [0.25, 0.3) is 0 Å². The Balaban J connectivity index is 2.37. The summed E-state index contributed by atoms with van der Waals surface area (Å²) >= 11 is 0. The lowest BCUT2D eigenvalue weighted by Gasteiger charge is -2.20. The molecular weight excluding hydrogens is 218 g/mol. The molecule has 1 saturated heterocycles. The van der Waals surface area contributed by atoms with E-state index in [0.29, 0.717) is 24.2 Å². The van der Waals surface area contributed by atoms with Gasteiger partial charge in [0.15, 0.2) is 15.6 Å². The second-order valence-electron chi connectivity index (χ2n) is 3.72. The summed E-state index contributed by atoms with van der Waals surface area (Å²) in [6.07, 6.45) is 3.51. The van der Waals surface area contributed by atoms with Crippen molar-refractivity contribution in [2.24, 2.45) is 0 Å². The molecular formula is C9H13NO4S. The maximum Gasteiger partial charge on any atom is 0.160 e. The zero-order chi connectivity index (χ0) is 10.9. The van der Waals surface area contributed by atoms with Crippen LogP contribution in [0.15, 0.2) is 10.7 Å². The highest BCUT2D eigenvalue weighted by Crippen LogP contribution is 2.34. The quantitative estimate of drug-likeness (QED) is 0.814. The summed E-state index contributed by atoms with van der Waals surface area (Å²) in [5.41, 5.74) is 0.477. The third kappa shape index (κ3) is 1.91. The Hall–Kier alpha value is -0.880. The topological polar surface area (TPSA) is 80.4 Å². The number of hydrogen-bond acceptors (Lipinski definition) is 5. The van der Waals surface area contributed by atoms with Crippen LogP contribution in [0.3, 0.4) is 0 Å². The molecule has 1 aromatic heterocycles. The maximum absolute atomic E-state index is 11.8. The molecule has 1 aliphatic heterocycles. The first-order valence-electron chi connectivity index (χ1n) is 4.91. The minimum Gasteiger partial charge on any atom is -0.391 e. The molecule has 2 rings (SSSR count). The van der Waals surface area contributed by atoms with Gasteiger partial charge in [-0.2, -0.15) is 0 Å². The molecule has 84 valence electrons. The number of aliphatic hydroxyl groups is 1. The van der Waals surface area contributed by atoms with Crippen LogP contribution in [0.2, 0.25) is 0 Å². The van der Waals surface area contributed by atoms with E-state index < -0.39 is 15.1 Å².